The first kappa shape index (κ1) is 15.8. The Morgan fingerprint density at radius 3 is 2.14 bits per heavy atom. The Balaban J connectivity index is 2.70. The van der Waals surface area contributed by atoms with Gasteiger partial charge < -0.3 is 4.65 Å². The summed E-state index contributed by atoms with van der Waals surface area (Å²) in [5.41, 5.74) is 3.61. The van der Waals surface area contributed by atoms with Gasteiger partial charge in [0.05, 0.1) is 10.6 Å². The van der Waals surface area contributed by atoms with E-state index in [9.17, 15) is 5.26 Å². The predicted molar refractivity (Wildman–Crippen MR) is 89.4 cm³/mol. The van der Waals surface area contributed by atoms with Crippen LogP contribution in [0.25, 0.3) is 11.3 Å². The molecule has 21 heavy (non-hydrogen) atoms. The van der Waals surface area contributed by atoms with Crippen molar-refractivity contribution in [2.45, 2.75) is 34.6 Å². The molecule has 0 atom stereocenters. The van der Waals surface area contributed by atoms with Gasteiger partial charge in [0.1, 0.15) is 22.4 Å². The van der Waals surface area contributed by atoms with E-state index in [1.54, 1.807) is 11.3 Å². The summed E-state index contributed by atoms with van der Waals surface area (Å²) in [5.74, 6) is 0.407. The summed E-state index contributed by atoms with van der Waals surface area (Å²) < 4.78 is 5.08. The van der Waals surface area contributed by atoms with E-state index in [2.05, 4.69) is 18.0 Å². The highest BCUT2D eigenvalue weighted by atomic mass is 32.1. The van der Waals surface area contributed by atoms with Crippen LogP contribution in [0.5, 0.6) is 0 Å². The van der Waals surface area contributed by atoms with Gasteiger partial charge in [-0.3, -0.25) is 0 Å². The third-order valence-electron chi connectivity index (χ3n) is 3.59. The van der Waals surface area contributed by atoms with E-state index in [1.165, 1.54) is 21.8 Å². The third-order valence-corrected chi connectivity index (χ3v) is 5.99. The highest BCUT2D eigenvalue weighted by molar-refractivity contribution is 7.14. The van der Waals surface area contributed by atoms with Crippen molar-refractivity contribution in [1.29, 1.82) is 5.26 Å². The lowest BCUT2D eigenvalue weighted by molar-refractivity contribution is 0.576. The molecule has 2 aromatic heterocycles. The van der Waals surface area contributed by atoms with Crippen molar-refractivity contribution in [3.8, 4) is 6.07 Å². The minimum Gasteiger partial charge on any atom is -0.566 e. The van der Waals surface area contributed by atoms with Crippen molar-refractivity contribution in [2.75, 3.05) is 0 Å². The molecule has 0 saturated heterocycles. The highest BCUT2D eigenvalue weighted by Gasteiger charge is 2.20. The molecule has 0 bridgehead atoms. The van der Waals surface area contributed by atoms with Crippen LogP contribution in [0.3, 0.4) is 0 Å². The first-order valence-electron chi connectivity index (χ1n) is 6.43. The van der Waals surface area contributed by atoms with E-state index in [4.69, 9.17) is 12.7 Å². The minimum atomic E-state index is 0.392. The molecule has 0 aliphatic heterocycles. The van der Waals surface area contributed by atoms with Crippen LogP contribution in [-0.2, 0) is 4.65 Å². The number of hydrogen-bond acceptors (Lipinski definition) is 5. The second-order valence-corrected chi connectivity index (χ2v) is 7.26. The van der Waals surface area contributed by atoms with Gasteiger partial charge in [0.2, 0.25) is 0 Å². The Morgan fingerprint density at radius 1 is 1.10 bits per heavy atom. The average Bonchev–Trinajstić information content (AvgIpc) is 2.91. The first-order chi connectivity index (χ1) is 9.90. The molecule has 3 nitrogen and oxygen atoms in total. The summed E-state index contributed by atoms with van der Waals surface area (Å²) in [7, 11) is 5.47. The van der Waals surface area contributed by atoms with E-state index in [1.807, 2.05) is 27.7 Å². The fraction of sp³-hybridized carbons (Fsp3) is 0.333. The standard InChI is InChI=1S/C15H15BN2OS2/c1-7-8(2)14(20-10(7)4)13(19-16)12(6-17)15-18-9(3)11(5)21-15/h1-5H3. The number of nitrogens with zero attached hydrogens (tertiary/aromatic N) is 2. The number of rotatable bonds is 3. The number of aryl methyl sites for hydroxylation is 3. The molecular formula is C15H15BN2OS2. The molecule has 0 aliphatic carbocycles. The molecule has 0 amide bonds. The molecule has 0 fully saturated rings. The van der Waals surface area contributed by atoms with Gasteiger partial charge in [-0.1, -0.05) is 0 Å². The van der Waals surface area contributed by atoms with Gasteiger partial charge in [0.15, 0.2) is 0 Å². The fourth-order valence-electron chi connectivity index (χ4n) is 1.96. The average molecular weight is 314 g/mol. The van der Waals surface area contributed by atoms with Crippen molar-refractivity contribution in [3.05, 3.63) is 36.5 Å². The van der Waals surface area contributed by atoms with Crippen LogP contribution < -0.4 is 0 Å². The van der Waals surface area contributed by atoms with Gasteiger partial charge in [-0.15, -0.1) is 22.7 Å². The Kier molecular flexibility index (Phi) is 4.55. The van der Waals surface area contributed by atoms with E-state index >= 15 is 0 Å². The Labute approximate surface area is 134 Å². The van der Waals surface area contributed by atoms with Gasteiger partial charge in [-0.25, -0.2) is 4.98 Å². The normalized spacial score (nSPS) is 12.0. The van der Waals surface area contributed by atoms with Crippen LogP contribution in [0, 0.1) is 45.9 Å². The Bertz CT molecular complexity index is 746. The molecule has 0 N–H and O–H groups in total. The largest absolute Gasteiger partial charge is 0.566 e. The lowest BCUT2D eigenvalue weighted by Crippen LogP contribution is -1.94. The number of nitriles is 1. The third kappa shape index (κ3) is 2.76. The van der Waals surface area contributed by atoms with E-state index in [-0.39, 0.29) is 0 Å². The molecule has 2 radical (unpaired) electrons. The van der Waals surface area contributed by atoms with Crippen LogP contribution in [0.15, 0.2) is 0 Å². The van der Waals surface area contributed by atoms with Crippen LogP contribution >= 0.6 is 22.7 Å². The topological polar surface area (TPSA) is 45.9 Å². The Morgan fingerprint density at radius 2 is 1.76 bits per heavy atom. The monoisotopic (exact) mass is 314 g/mol. The number of thiophene rings is 1. The summed E-state index contributed by atoms with van der Waals surface area (Å²) in [6, 6.07) is 2.19. The summed E-state index contributed by atoms with van der Waals surface area (Å²) in [4.78, 5) is 7.62. The van der Waals surface area contributed by atoms with Crippen LogP contribution in [-0.4, -0.2) is 13.0 Å². The van der Waals surface area contributed by atoms with E-state index in [0.717, 1.165) is 21.0 Å². The van der Waals surface area contributed by atoms with Crippen LogP contribution in [0.4, 0.5) is 0 Å². The molecule has 6 heteroatoms. The fourth-order valence-corrected chi connectivity index (χ4v) is 4.03. The van der Waals surface area contributed by atoms with Crippen LogP contribution in [0.2, 0.25) is 0 Å². The highest BCUT2D eigenvalue weighted by Crippen LogP contribution is 2.37. The quantitative estimate of drug-likeness (QED) is 0.483. The molecule has 2 aromatic rings. The van der Waals surface area contributed by atoms with E-state index < -0.39 is 0 Å². The number of hydrogen-bond donors (Lipinski definition) is 0. The summed E-state index contributed by atoms with van der Waals surface area (Å²) in [5, 5.41) is 10.2. The summed E-state index contributed by atoms with van der Waals surface area (Å²) in [6.07, 6.45) is 0. The lowest BCUT2D eigenvalue weighted by atomic mass is 10.1. The maximum Gasteiger partial charge on any atom is 0.374 e. The van der Waals surface area contributed by atoms with Crippen molar-refractivity contribution >= 4 is 42.1 Å². The molecule has 0 saturated carbocycles. The van der Waals surface area contributed by atoms with Gasteiger partial charge in [0.25, 0.3) is 0 Å². The predicted octanol–water partition coefficient (Wildman–Crippen LogP) is 4.24. The number of aromatic nitrogens is 1. The maximum absolute atomic E-state index is 9.54. The zero-order valence-corrected chi connectivity index (χ0v) is 14.3. The molecular weight excluding hydrogens is 299 g/mol. The maximum atomic E-state index is 9.54. The SMILES string of the molecule is [B]OC(=C(C#N)c1nc(C)c(C)s1)c1sc(C)c(C)c1C. The molecule has 2 heterocycles. The van der Waals surface area contributed by atoms with Gasteiger partial charge in [-0.05, 0) is 45.7 Å². The molecule has 0 spiro atoms. The molecule has 0 aromatic carbocycles. The second-order valence-electron chi connectivity index (χ2n) is 4.83. The number of allylic oxidation sites excluding steroid dienone is 1. The van der Waals surface area contributed by atoms with Crippen molar-refractivity contribution < 1.29 is 4.65 Å². The van der Waals surface area contributed by atoms with Crippen LogP contribution in [0.1, 0.15) is 36.5 Å². The van der Waals surface area contributed by atoms with Gasteiger partial charge in [-0.2, -0.15) is 5.26 Å². The zero-order valence-electron chi connectivity index (χ0n) is 12.7. The van der Waals surface area contributed by atoms with Crippen molar-refractivity contribution in [2.24, 2.45) is 0 Å². The lowest BCUT2D eigenvalue weighted by Gasteiger charge is -2.08. The smallest absolute Gasteiger partial charge is 0.374 e. The summed E-state index contributed by atoms with van der Waals surface area (Å²) in [6.45, 7) is 10.0. The summed E-state index contributed by atoms with van der Waals surface area (Å²) >= 11 is 3.07. The molecule has 2 rings (SSSR count). The van der Waals surface area contributed by atoms with Gasteiger partial charge in [0, 0.05) is 9.75 Å². The van der Waals surface area contributed by atoms with Crippen molar-refractivity contribution in [3.63, 3.8) is 0 Å². The van der Waals surface area contributed by atoms with Gasteiger partial charge >= 0.3 is 8.05 Å². The first-order valence-corrected chi connectivity index (χ1v) is 8.06. The Hall–Kier alpha value is -1.58. The zero-order chi connectivity index (χ0) is 15.7. The molecule has 0 aliphatic rings. The second kappa shape index (κ2) is 6.04. The minimum absolute atomic E-state index is 0.392. The molecule has 0 unspecified atom stereocenters. The van der Waals surface area contributed by atoms with Crippen molar-refractivity contribution in [1.82, 2.24) is 4.98 Å². The van der Waals surface area contributed by atoms with E-state index in [0.29, 0.717) is 16.3 Å². The molecule has 106 valence electrons. The number of thiazole rings is 1.